The van der Waals surface area contributed by atoms with E-state index in [1.165, 1.54) is 0 Å². The minimum absolute atomic E-state index is 0.0915. The molecule has 0 aliphatic heterocycles. The number of nitrogens with one attached hydrogen (secondary N) is 1. The van der Waals surface area contributed by atoms with Crippen molar-refractivity contribution in [1.29, 1.82) is 5.41 Å². The molecule has 0 unspecified atom stereocenters. The van der Waals surface area contributed by atoms with Crippen molar-refractivity contribution in [3.05, 3.63) is 29.3 Å². The standard InChI is InChI=1S/C16H27N3O/c1-11(2)9-19(12(3)4)10-14-8-13(16(17)18)6-7-15(14)20-5/h6-8,11-12H,9-10H2,1-5H3,(H3,17,18). The first-order valence-corrected chi connectivity index (χ1v) is 7.10. The highest BCUT2D eigenvalue weighted by atomic mass is 16.5. The van der Waals surface area contributed by atoms with Crippen LogP contribution in [0.25, 0.3) is 0 Å². The van der Waals surface area contributed by atoms with Crippen molar-refractivity contribution in [2.75, 3.05) is 13.7 Å². The topological polar surface area (TPSA) is 62.3 Å². The van der Waals surface area contributed by atoms with Crippen LogP contribution in [0, 0.1) is 11.3 Å². The number of ether oxygens (including phenoxy) is 1. The van der Waals surface area contributed by atoms with Gasteiger partial charge in [0.1, 0.15) is 11.6 Å². The SMILES string of the molecule is COc1ccc(C(=N)N)cc1CN(CC(C)C)C(C)C. The van der Waals surface area contributed by atoms with Gasteiger partial charge in [-0.15, -0.1) is 0 Å². The summed E-state index contributed by atoms with van der Waals surface area (Å²) in [6.45, 7) is 10.7. The molecule has 0 saturated heterocycles. The molecule has 3 N–H and O–H groups in total. The molecule has 0 radical (unpaired) electrons. The number of benzene rings is 1. The van der Waals surface area contributed by atoms with Crippen molar-refractivity contribution < 1.29 is 4.74 Å². The van der Waals surface area contributed by atoms with E-state index in [1.807, 2.05) is 18.2 Å². The maximum absolute atomic E-state index is 7.56. The van der Waals surface area contributed by atoms with E-state index in [4.69, 9.17) is 15.9 Å². The Morgan fingerprint density at radius 3 is 2.40 bits per heavy atom. The molecule has 112 valence electrons. The van der Waals surface area contributed by atoms with Crippen molar-refractivity contribution in [3.8, 4) is 5.75 Å². The number of hydrogen-bond acceptors (Lipinski definition) is 3. The smallest absolute Gasteiger partial charge is 0.123 e. The predicted octanol–water partition coefficient (Wildman–Crippen LogP) is 2.85. The molecule has 0 aliphatic rings. The lowest BCUT2D eigenvalue weighted by molar-refractivity contribution is 0.187. The molecule has 1 aromatic carbocycles. The van der Waals surface area contributed by atoms with Gasteiger partial charge < -0.3 is 10.5 Å². The molecule has 1 rings (SSSR count). The lowest BCUT2D eigenvalue weighted by atomic mass is 10.1. The average molecular weight is 277 g/mol. The van der Waals surface area contributed by atoms with Crippen LogP contribution in [0.3, 0.4) is 0 Å². The summed E-state index contributed by atoms with van der Waals surface area (Å²) < 4.78 is 5.43. The summed E-state index contributed by atoms with van der Waals surface area (Å²) >= 11 is 0. The molecule has 20 heavy (non-hydrogen) atoms. The molecule has 0 aliphatic carbocycles. The van der Waals surface area contributed by atoms with E-state index in [2.05, 4.69) is 32.6 Å². The Balaban J connectivity index is 3.03. The molecule has 0 bridgehead atoms. The molecule has 0 spiro atoms. The van der Waals surface area contributed by atoms with Crippen LogP contribution in [-0.4, -0.2) is 30.4 Å². The van der Waals surface area contributed by atoms with Crippen LogP contribution in [0.5, 0.6) is 5.75 Å². The first kappa shape index (κ1) is 16.5. The third-order valence-electron chi connectivity index (χ3n) is 3.29. The predicted molar refractivity (Wildman–Crippen MR) is 84.4 cm³/mol. The van der Waals surface area contributed by atoms with E-state index < -0.39 is 0 Å². The highest BCUT2D eigenvalue weighted by Crippen LogP contribution is 2.23. The maximum Gasteiger partial charge on any atom is 0.123 e. The minimum atomic E-state index is 0.0915. The van der Waals surface area contributed by atoms with Gasteiger partial charge in [-0.05, 0) is 38.0 Å². The summed E-state index contributed by atoms with van der Waals surface area (Å²) in [6, 6.07) is 6.13. The molecular formula is C16H27N3O. The number of nitrogens with zero attached hydrogens (tertiary/aromatic N) is 1. The van der Waals surface area contributed by atoms with Gasteiger partial charge in [-0.2, -0.15) is 0 Å². The second-order valence-electron chi connectivity index (χ2n) is 5.86. The summed E-state index contributed by atoms with van der Waals surface area (Å²) in [5.74, 6) is 1.55. The Hall–Kier alpha value is -1.55. The quantitative estimate of drug-likeness (QED) is 0.595. The molecule has 0 saturated carbocycles. The van der Waals surface area contributed by atoms with Crippen LogP contribution in [0.1, 0.15) is 38.8 Å². The van der Waals surface area contributed by atoms with E-state index in [0.717, 1.165) is 30.0 Å². The zero-order chi connectivity index (χ0) is 15.3. The van der Waals surface area contributed by atoms with Gasteiger partial charge in [0.05, 0.1) is 7.11 Å². The van der Waals surface area contributed by atoms with Gasteiger partial charge >= 0.3 is 0 Å². The van der Waals surface area contributed by atoms with E-state index in [9.17, 15) is 0 Å². The zero-order valence-electron chi connectivity index (χ0n) is 13.2. The van der Waals surface area contributed by atoms with Crippen molar-refractivity contribution >= 4 is 5.84 Å². The monoisotopic (exact) mass is 277 g/mol. The maximum atomic E-state index is 7.56. The number of amidine groups is 1. The van der Waals surface area contributed by atoms with Gasteiger partial charge in [-0.3, -0.25) is 10.3 Å². The summed E-state index contributed by atoms with van der Waals surface area (Å²) in [5.41, 5.74) is 7.40. The molecule has 0 amide bonds. The van der Waals surface area contributed by atoms with Crippen LogP contribution < -0.4 is 10.5 Å². The summed E-state index contributed by atoms with van der Waals surface area (Å²) in [7, 11) is 1.68. The fourth-order valence-corrected chi connectivity index (χ4v) is 2.22. The van der Waals surface area contributed by atoms with E-state index in [-0.39, 0.29) is 5.84 Å². The van der Waals surface area contributed by atoms with E-state index >= 15 is 0 Å². The largest absolute Gasteiger partial charge is 0.496 e. The zero-order valence-corrected chi connectivity index (χ0v) is 13.2. The Morgan fingerprint density at radius 2 is 1.95 bits per heavy atom. The second-order valence-corrected chi connectivity index (χ2v) is 5.86. The lowest BCUT2D eigenvalue weighted by Gasteiger charge is -2.29. The normalized spacial score (nSPS) is 11.4. The van der Waals surface area contributed by atoms with Crippen molar-refractivity contribution in [3.63, 3.8) is 0 Å². The average Bonchev–Trinajstić information content (AvgIpc) is 2.37. The highest BCUT2D eigenvalue weighted by molar-refractivity contribution is 5.95. The number of nitrogen functional groups attached to an aromatic ring is 1. The first-order chi connectivity index (χ1) is 9.35. The summed E-state index contributed by atoms with van der Waals surface area (Å²) in [4.78, 5) is 2.41. The second kappa shape index (κ2) is 7.29. The van der Waals surface area contributed by atoms with Gasteiger partial charge in [0.25, 0.3) is 0 Å². The summed E-state index contributed by atoms with van der Waals surface area (Å²) in [5, 5.41) is 7.56. The molecule has 0 atom stereocenters. The van der Waals surface area contributed by atoms with Crippen molar-refractivity contribution in [2.24, 2.45) is 11.7 Å². The van der Waals surface area contributed by atoms with Gasteiger partial charge in [-0.25, -0.2) is 0 Å². The fourth-order valence-electron chi connectivity index (χ4n) is 2.22. The van der Waals surface area contributed by atoms with Crippen LogP contribution >= 0.6 is 0 Å². The summed E-state index contributed by atoms with van der Waals surface area (Å²) in [6.07, 6.45) is 0. The lowest BCUT2D eigenvalue weighted by Crippen LogP contribution is -2.33. The van der Waals surface area contributed by atoms with Crippen molar-refractivity contribution in [2.45, 2.75) is 40.3 Å². The molecule has 0 aromatic heterocycles. The Morgan fingerprint density at radius 1 is 1.30 bits per heavy atom. The Bertz CT molecular complexity index is 455. The molecule has 4 nitrogen and oxygen atoms in total. The van der Waals surface area contributed by atoms with Gasteiger partial charge in [0.2, 0.25) is 0 Å². The van der Waals surface area contributed by atoms with Crippen LogP contribution in [0.15, 0.2) is 18.2 Å². The Labute approximate surface area is 122 Å². The number of rotatable bonds is 7. The third kappa shape index (κ3) is 4.53. The van der Waals surface area contributed by atoms with Crippen molar-refractivity contribution in [1.82, 2.24) is 4.90 Å². The van der Waals surface area contributed by atoms with Gasteiger partial charge in [0, 0.05) is 30.3 Å². The fraction of sp³-hybridized carbons (Fsp3) is 0.562. The third-order valence-corrected chi connectivity index (χ3v) is 3.29. The number of hydrogen-bond donors (Lipinski definition) is 2. The first-order valence-electron chi connectivity index (χ1n) is 7.10. The van der Waals surface area contributed by atoms with Gasteiger partial charge in [0.15, 0.2) is 0 Å². The Kier molecular flexibility index (Phi) is 6.02. The molecule has 0 fully saturated rings. The van der Waals surface area contributed by atoms with E-state index in [1.54, 1.807) is 7.11 Å². The van der Waals surface area contributed by atoms with Crippen LogP contribution in [0.4, 0.5) is 0 Å². The minimum Gasteiger partial charge on any atom is -0.496 e. The highest BCUT2D eigenvalue weighted by Gasteiger charge is 2.15. The molecule has 4 heteroatoms. The molecular weight excluding hydrogens is 250 g/mol. The van der Waals surface area contributed by atoms with Crippen LogP contribution in [-0.2, 0) is 6.54 Å². The molecule has 0 heterocycles. The number of methoxy groups -OCH3 is 1. The van der Waals surface area contributed by atoms with Gasteiger partial charge in [-0.1, -0.05) is 13.8 Å². The van der Waals surface area contributed by atoms with E-state index in [0.29, 0.717) is 12.0 Å². The van der Waals surface area contributed by atoms with Crippen LogP contribution in [0.2, 0.25) is 0 Å². The molecule has 1 aromatic rings. The number of nitrogens with two attached hydrogens (primary N) is 1.